The molecule has 1 heterocycles. The molecular weight excluding hydrogens is 230 g/mol. The first kappa shape index (κ1) is 12.2. The smallest absolute Gasteiger partial charge is 0.0537 e. The first-order valence-corrected chi connectivity index (χ1v) is 6.58. The Morgan fingerprint density at radius 1 is 1.41 bits per heavy atom. The fraction of sp³-hybridized carbons (Fsp3) is 0.308. The minimum Gasteiger partial charge on any atom is -0.323 e. The van der Waals surface area contributed by atoms with Crippen molar-refractivity contribution in [2.75, 3.05) is 5.75 Å². The molecule has 2 N–H and O–H groups in total. The van der Waals surface area contributed by atoms with E-state index in [0.717, 1.165) is 11.3 Å². The zero-order valence-electron chi connectivity index (χ0n) is 10.1. The van der Waals surface area contributed by atoms with Gasteiger partial charge in [-0.25, -0.2) is 0 Å². The maximum absolute atomic E-state index is 6.13. The molecule has 0 fully saturated rings. The zero-order chi connectivity index (χ0) is 12.3. The number of hydrogen-bond donors (Lipinski definition) is 1. The van der Waals surface area contributed by atoms with E-state index in [1.807, 2.05) is 19.4 Å². The highest BCUT2D eigenvalue weighted by Crippen LogP contribution is 2.25. The Labute approximate surface area is 106 Å². The summed E-state index contributed by atoms with van der Waals surface area (Å²) in [4.78, 5) is 1.30. The van der Waals surface area contributed by atoms with Crippen molar-refractivity contribution in [1.82, 2.24) is 9.78 Å². The maximum atomic E-state index is 6.13. The number of benzene rings is 1. The molecule has 0 spiro atoms. The van der Waals surface area contributed by atoms with Crippen molar-refractivity contribution in [2.45, 2.75) is 17.9 Å². The van der Waals surface area contributed by atoms with E-state index in [4.69, 9.17) is 5.73 Å². The van der Waals surface area contributed by atoms with Gasteiger partial charge in [-0.3, -0.25) is 4.68 Å². The Morgan fingerprint density at radius 3 is 2.82 bits per heavy atom. The summed E-state index contributed by atoms with van der Waals surface area (Å²) in [7, 11) is 1.91. The maximum Gasteiger partial charge on any atom is 0.0537 e. The van der Waals surface area contributed by atoms with Gasteiger partial charge in [-0.2, -0.15) is 5.10 Å². The minimum atomic E-state index is 0.0355. The topological polar surface area (TPSA) is 43.8 Å². The number of thioether (sulfide) groups is 1. The predicted octanol–water partition coefficient (Wildman–Crippen LogP) is 2.52. The van der Waals surface area contributed by atoms with Crippen molar-refractivity contribution in [3.63, 3.8) is 0 Å². The lowest BCUT2D eigenvalue weighted by Gasteiger charge is -2.10. The van der Waals surface area contributed by atoms with Crippen molar-refractivity contribution in [2.24, 2.45) is 12.8 Å². The summed E-state index contributed by atoms with van der Waals surface area (Å²) < 4.78 is 1.79. The molecule has 0 aliphatic rings. The van der Waals surface area contributed by atoms with Gasteiger partial charge in [-0.15, -0.1) is 11.8 Å². The summed E-state index contributed by atoms with van der Waals surface area (Å²) in [6.45, 7) is 2.12. The molecule has 1 atom stereocenters. The normalized spacial score (nSPS) is 12.6. The van der Waals surface area contributed by atoms with E-state index < -0.39 is 0 Å². The Hall–Kier alpha value is -1.26. The average Bonchev–Trinajstić information content (AvgIpc) is 2.74. The third kappa shape index (κ3) is 3.11. The highest BCUT2D eigenvalue weighted by atomic mass is 32.2. The molecule has 4 heteroatoms. The molecule has 0 saturated heterocycles. The van der Waals surface area contributed by atoms with E-state index in [1.54, 1.807) is 16.4 Å². The van der Waals surface area contributed by atoms with Gasteiger partial charge in [0.2, 0.25) is 0 Å². The first-order valence-electron chi connectivity index (χ1n) is 5.59. The van der Waals surface area contributed by atoms with Crippen molar-refractivity contribution >= 4 is 11.8 Å². The van der Waals surface area contributed by atoms with E-state index in [2.05, 4.69) is 36.3 Å². The van der Waals surface area contributed by atoms with Gasteiger partial charge in [0.05, 0.1) is 6.20 Å². The molecule has 0 amide bonds. The Balaban J connectivity index is 1.97. The van der Waals surface area contributed by atoms with Gasteiger partial charge in [0, 0.05) is 35.5 Å². The van der Waals surface area contributed by atoms with Crippen LogP contribution in [0.4, 0.5) is 0 Å². The van der Waals surface area contributed by atoms with Crippen LogP contribution in [0, 0.1) is 6.92 Å². The van der Waals surface area contributed by atoms with Gasteiger partial charge in [0.25, 0.3) is 0 Å². The number of hydrogen-bond acceptors (Lipinski definition) is 3. The molecule has 0 saturated carbocycles. The van der Waals surface area contributed by atoms with Crippen LogP contribution < -0.4 is 5.73 Å². The summed E-state index contributed by atoms with van der Waals surface area (Å²) >= 11 is 1.80. The van der Waals surface area contributed by atoms with Gasteiger partial charge in [-0.1, -0.05) is 18.2 Å². The molecule has 0 aliphatic heterocycles. The van der Waals surface area contributed by atoms with Crippen LogP contribution in [0.15, 0.2) is 41.6 Å². The van der Waals surface area contributed by atoms with Gasteiger partial charge in [0.15, 0.2) is 0 Å². The van der Waals surface area contributed by atoms with E-state index in [0.29, 0.717) is 0 Å². The van der Waals surface area contributed by atoms with Gasteiger partial charge in [-0.05, 0) is 18.6 Å². The van der Waals surface area contributed by atoms with Crippen LogP contribution in [0.2, 0.25) is 0 Å². The molecule has 1 aromatic heterocycles. The highest BCUT2D eigenvalue weighted by Gasteiger charge is 2.09. The summed E-state index contributed by atoms with van der Waals surface area (Å²) in [5, 5.41) is 4.14. The quantitative estimate of drug-likeness (QED) is 0.844. The summed E-state index contributed by atoms with van der Waals surface area (Å²) in [6, 6.07) is 8.41. The van der Waals surface area contributed by atoms with E-state index in [9.17, 15) is 0 Å². The Bertz CT molecular complexity index is 493. The van der Waals surface area contributed by atoms with Crippen molar-refractivity contribution in [3.8, 4) is 0 Å². The lowest BCUT2D eigenvalue weighted by molar-refractivity contribution is 0.763. The number of aromatic nitrogens is 2. The zero-order valence-corrected chi connectivity index (χ0v) is 10.9. The molecule has 2 aromatic rings. The van der Waals surface area contributed by atoms with Crippen LogP contribution >= 0.6 is 11.8 Å². The Morgan fingerprint density at radius 2 is 2.18 bits per heavy atom. The molecule has 0 bridgehead atoms. The molecule has 90 valence electrons. The molecule has 0 aliphatic carbocycles. The fourth-order valence-electron chi connectivity index (χ4n) is 1.63. The third-order valence-electron chi connectivity index (χ3n) is 2.66. The largest absolute Gasteiger partial charge is 0.323 e. The standard InChI is InChI=1S/C13H17N3S/c1-10-5-3-4-6-13(10)17-9-12(14)11-7-15-16(2)8-11/h3-8,12H,9,14H2,1-2H3. The van der Waals surface area contributed by atoms with E-state index >= 15 is 0 Å². The number of nitrogens with two attached hydrogens (primary N) is 1. The first-order chi connectivity index (χ1) is 8.16. The van der Waals surface area contributed by atoms with Crippen LogP contribution in [-0.2, 0) is 7.05 Å². The van der Waals surface area contributed by atoms with Crippen LogP contribution in [0.5, 0.6) is 0 Å². The number of aryl methyl sites for hydroxylation is 2. The van der Waals surface area contributed by atoms with Crippen LogP contribution in [0.3, 0.4) is 0 Å². The summed E-state index contributed by atoms with van der Waals surface area (Å²) in [5.74, 6) is 0.872. The van der Waals surface area contributed by atoms with Crippen LogP contribution in [-0.4, -0.2) is 15.5 Å². The van der Waals surface area contributed by atoms with Crippen LogP contribution in [0.25, 0.3) is 0 Å². The second kappa shape index (κ2) is 5.38. The lowest BCUT2D eigenvalue weighted by Crippen LogP contribution is -2.12. The number of rotatable bonds is 4. The number of nitrogens with zero attached hydrogens (tertiary/aromatic N) is 2. The van der Waals surface area contributed by atoms with Gasteiger partial charge < -0.3 is 5.73 Å². The molecule has 1 unspecified atom stereocenters. The predicted molar refractivity (Wildman–Crippen MR) is 72.0 cm³/mol. The van der Waals surface area contributed by atoms with Crippen molar-refractivity contribution in [3.05, 3.63) is 47.8 Å². The van der Waals surface area contributed by atoms with E-state index in [1.165, 1.54) is 10.5 Å². The second-order valence-electron chi connectivity index (χ2n) is 4.13. The third-order valence-corrected chi connectivity index (χ3v) is 3.96. The molecular formula is C13H17N3S. The molecule has 17 heavy (non-hydrogen) atoms. The molecule has 1 aromatic carbocycles. The average molecular weight is 247 g/mol. The molecule has 3 nitrogen and oxygen atoms in total. The highest BCUT2D eigenvalue weighted by molar-refractivity contribution is 7.99. The molecule has 2 rings (SSSR count). The SMILES string of the molecule is Cc1ccccc1SCC(N)c1cnn(C)c1. The molecule has 0 radical (unpaired) electrons. The van der Waals surface area contributed by atoms with Gasteiger partial charge in [0.1, 0.15) is 0 Å². The summed E-state index contributed by atoms with van der Waals surface area (Å²) in [6.07, 6.45) is 3.81. The minimum absolute atomic E-state index is 0.0355. The van der Waals surface area contributed by atoms with Crippen LogP contribution in [0.1, 0.15) is 17.2 Å². The second-order valence-corrected chi connectivity index (χ2v) is 5.19. The summed E-state index contributed by atoms with van der Waals surface area (Å²) in [5.41, 5.74) is 8.53. The fourth-order valence-corrected chi connectivity index (χ4v) is 2.65. The lowest BCUT2D eigenvalue weighted by atomic mass is 10.2. The van der Waals surface area contributed by atoms with Crippen molar-refractivity contribution in [1.29, 1.82) is 0 Å². The monoisotopic (exact) mass is 247 g/mol. The Kier molecular flexibility index (Phi) is 3.86. The van der Waals surface area contributed by atoms with E-state index in [-0.39, 0.29) is 6.04 Å². The van der Waals surface area contributed by atoms with Crippen molar-refractivity contribution < 1.29 is 0 Å². The van der Waals surface area contributed by atoms with Gasteiger partial charge >= 0.3 is 0 Å².